The number of carbonyl (C=O) groups is 1. The van der Waals surface area contributed by atoms with E-state index in [2.05, 4.69) is 44.0 Å². The molecule has 4 heteroatoms. The summed E-state index contributed by atoms with van der Waals surface area (Å²) in [6.45, 7) is 14.2. The van der Waals surface area contributed by atoms with Gasteiger partial charge in [0.05, 0.1) is 0 Å². The second-order valence-electron chi connectivity index (χ2n) is 6.82. The lowest BCUT2D eigenvalue weighted by molar-refractivity contribution is 0.0774. The fourth-order valence-electron chi connectivity index (χ4n) is 2.66. The minimum absolute atomic E-state index is 0.0114. The average molecular weight is 289 g/mol. The Hall–Kier alpha value is -1.55. The van der Waals surface area contributed by atoms with Crippen LogP contribution in [0.25, 0.3) is 0 Å². The predicted octanol–water partition coefficient (Wildman–Crippen LogP) is 3.25. The van der Waals surface area contributed by atoms with Crippen LogP contribution in [0.4, 0.5) is 10.5 Å². The number of carbonyl (C=O) groups excluding carboxylic acids is 1. The van der Waals surface area contributed by atoms with Crippen molar-refractivity contribution in [3.8, 4) is 0 Å². The van der Waals surface area contributed by atoms with Crippen LogP contribution in [-0.4, -0.2) is 47.5 Å². The van der Waals surface area contributed by atoms with E-state index in [0.717, 1.165) is 37.4 Å². The number of amides is 2. The third-order valence-electron chi connectivity index (χ3n) is 4.36. The number of urea groups is 1. The molecular weight excluding hydrogens is 262 g/mol. The lowest BCUT2D eigenvalue weighted by atomic mass is 10.1. The maximum absolute atomic E-state index is 12.4. The molecule has 1 N–H and O–H groups in total. The number of aryl methyl sites for hydroxylation is 1. The van der Waals surface area contributed by atoms with Crippen molar-refractivity contribution in [1.82, 2.24) is 9.80 Å². The van der Waals surface area contributed by atoms with Gasteiger partial charge >= 0.3 is 6.03 Å². The summed E-state index contributed by atoms with van der Waals surface area (Å²) in [4.78, 5) is 16.7. The average Bonchev–Trinajstić information content (AvgIpc) is 2.43. The van der Waals surface area contributed by atoms with E-state index < -0.39 is 0 Å². The van der Waals surface area contributed by atoms with E-state index in [1.165, 1.54) is 5.56 Å². The zero-order valence-corrected chi connectivity index (χ0v) is 13.9. The van der Waals surface area contributed by atoms with Crippen LogP contribution in [0.5, 0.6) is 0 Å². The lowest BCUT2D eigenvalue weighted by Gasteiger charge is -2.42. The normalized spacial score (nSPS) is 16.9. The first kappa shape index (κ1) is 15.8. The molecule has 0 spiro atoms. The van der Waals surface area contributed by atoms with E-state index in [4.69, 9.17) is 0 Å². The number of hydrogen-bond acceptors (Lipinski definition) is 2. The molecule has 0 aliphatic carbocycles. The first-order valence-corrected chi connectivity index (χ1v) is 7.66. The van der Waals surface area contributed by atoms with Gasteiger partial charge in [0.25, 0.3) is 0 Å². The topological polar surface area (TPSA) is 35.6 Å². The second-order valence-corrected chi connectivity index (χ2v) is 6.82. The molecule has 1 heterocycles. The number of benzene rings is 1. The van der Waals surface area contributed by atoms with Gasteiger partial charge in [0.15, 0.2) is 0 Å². The molecule has 21 heavy (non-hydrogen) atoms. The molecule has 1 aromatic rings. The molecule has 0 unspecified atom stereocenters. The molecular formula is C17H27N3O. The largest absolute Gasteiger partial charge is 0.322 e. The van der Waals surface area contributed by atoms with Gasteiger partial charge in [0.2, 0.25) is 0 Å². The Bertz CT molecular complexity index is 511. The molecule has 0 atom stereocenters. The zero-order chi connectivity index (χ0) is 15.6. The molecule has 0 saturated carbocycles. The van der Waals surface area contributed by atoms with Crippen molar-refractivity contribution in [1.29, 1.82) is 0 Å². The molecule has 1 fully saturated rings. The van der Waals surface area contributed by atoms with E-state index in [9.17, 15) is 4.79 Å². The highest BCUT2D eigenvalue weighted by Crippen LogP contribution is 2.20. The van der Waals surface area contributed by atoms with E-state index in [-0.39, 0.29) is 11.6 Å². The van der Waals surface area contributed by atoms with Crippen molar-refractivity contribution in [2.24, 2.45) is 0 Å². The number of nitrogens with one attached hydrogen (secondary N) is 1. The Morgan fingerprint density at radius 1 is 1.10 bits per heavy atom. The molecule has 2 amide bonds. The molecule has 1 aliphatic heterocycles. The summed E-state index contributed by atoms with van der Waals surface area (Å²) in [6.07, 6.45) is 0. The summed E-state index contributed by atoms with van der Waals surface area (Å²) >= 11 is 0. The van der Waals surface area contributed by atoms with E-state index in [0.29, 0.717) is 0 Å². The highest BCUT2D eigenvalue weighted by molar-refractivity contribution is 5.90. The van der Waals surface area contributed by atoms with Crippen LogP contribution < -0.4 is 5.32 Å². The molecule has 0 radical (unpaired) electrons. The van der Waals surface area contributed by atoms with Gasteiger partial charge in [-0.1, -0.05) is 12.1 Å². The summed E-state index contributed by atoms with van der Waals surface area (Å²) in [7, 11) is 0. The zero-order valence-electron chi connectivity index (χ0n) is 13.9. The summed E-state index contributed by atoms with van der Waals surface area (Å²) in [5.74, 6) is 0. The van der Waals surface area contributed by atoms with E-state index in [1.807, 2.05) is 24.0 Å². The smallest absolute Gasteiger partial charge is 0.321 e. The number of nitrogens with zero attached hydrogens (tertiary/aromatic N) is 2. The quantitative estimate of drug-likeness (QED) is 0.861. The van der Waals surface area contributed by atoms with Gasteiger partial charge in [-0.25, -0.2) is 4.79 Å². The summed E-state index contributed by atoms with van der Waals surface area (Å²) in [5, 5.41) is 3.04. The van der Waals surface area contributed by atoms with Crippen molar-refractivity contribution in [3.63, 3.8) is 0 Å². The molecule has 0 bridgehead atoms. The summed E-state index contributed by atoms with van der Waals surface area (Å²) in [6, 6.07) is 6.02. The Morgan fingerprint density at radius 3 is 2.29 bits per heavy atom. The van der Waals surface area contributed by atoms with Gasteiger partial charge in [0, 0.05) is 37.4 Å². The minimum atomic E-state index is 0.0114. The molecule has 1 saturated heterocycles. The summed E-state index contributed by atoms with van der Waals surface area (Å²) in [5.41, 5.74) is 3.43. The standard InChI is InChI=1S/C17H27N3O/c1-13-7-6-8-15(14(13)2)18-16(21)19-9-11-20(12-10-19)17(3,4)5/h6-8H,9-12H2,1-5H3,(H,18,21). The van der Waals surface area contributed by atoms with Crippen LogP contribution in [0.1, 0.15) is 31.9 Å². The van der Waals surface area contributed by atoms with Crippen molar-refractivity contribution in [2.45, 2.75) is 40.2 Å². The maximum atomic E-state index is 12.4. The Balaban J connectivity index is 1.95. The maximum Gasteiger partial charge on any atom is 0.321 e. The van der Waals surface area contributed by atoms with Crippen LogP contribution in [0.15, 0.2) is 18.2 Å². The number of piperazine rings is 1. The SMILES string of the molecule is Cc1cccc(NC(=O)N2CCN(C(C)(C)C)CC2)c1C. The molecule has 0 aromatic heterocycles. The fourth-order valence-corrected chi connectivity index (χ4v) is 2.66. The lowest BCUT2D eigenvalue weighted by Crippen LogP contribution is -2.55. The molecule has 4 nitrogen and oxygen atoms in total. The van der Waals surface area contributed by atoms with Gasteiger partial charge in [0.1, 0.15) is 0 Å². The molecule has 1 aliphatic rings. The predicted molar refractivity (Wildman–Crippen MR) is 87.8 cm³/mol. The Kier molecular flexibility index (Phi) is 4.57. The number of rotatable bonds is 1. The van der Waals surface area contributed by atoms with Crippen molar-refractivity contribution in [2.75, 3.05) is 31.5 Å². The first-order chi connectivity index (χ1) is 9.79. The van der Waals surface area contributed by atoms with Gasteiger partial charge in [-0.05, 0) is 51.8 Å². The number of anilines is 1. The number of hydrogen-bond donors (Lipinski definition) is 1. The van der Waals surface area contributed by atoms with Gasteiger partial charge in [-0.2, -0.15) is 0 Å². The fraction of sp³-hybridized carbons (Fsp3) is 0.588. The first-order valence-electron chi connectivity index (χ1n) is 7.66. The molecule has 2 rings (SSSR count). The minimum Gasteiger partial charge on any atom is -0.322 e. The van der Waals surface area contributed by atoms with Crippen molar-refractivity contribution >= 4 is 11.7 Å². The van der Waals surface area contributed by atoms with Crippen molar-refractivity contribution < 1.29 is 4.79 Å². The van der Waals surface area contributed by atoms with Crippen LogP contribution in [0.3, 0.4) is 0 Å². The molecule has 1 aromatic carbocycles. The van der Waals surface area contributed by atoms with E-state index >= 15 is 0 Å². The highest BCUT2D eigenvalue weighted by Gasteiger charge is 2.27. The summed E-state index contributed by atoms with van der Waals surface area (Å²) < 4.78 is 0. The third-order valence-corrected chi connectivity index (χ3v) is 4.36. The van der Waals surface area contributed by atoms with Crippen LogP contribution >= 0.6 is 0 Å². The Morgan fingerprint density at radius 2 is 1.71 bits per heavy atom. The van der Waals surface area contributed by atoms with Crippen molar-refractivity contribution in [3.05, 3.63) is 29.3 Å². The highest BCUT2D eigenvalue weighted by atomic mass is 16.2. The van der Waals surface area contributed by atoms with Gasteiger partial charge < -0.3 is 10.2 Å². The second kappa shape index (κ2) is 6.06. The Labute approximate surface area is 128 Å². The van der Waals surface area contributed by atoms with Gasteiger partial charge in [-0.15, -0.1) is 0 Å². The van der Waals surface area contributed by atoms with Crippen LogP contribution in [0.2, 0.25) is 0 Å². The van der Waals surface area contributed by atoms with E-state index in [1.54, 1.807) is 0 Å². The monoisotopic (exact) mass is 289 g/mol. The third kappa shape index (κ3) is 3.76. The van der Waals surface area contributed by atoms with Gasteiger partial charge in [-0.3, -0.25) is 4.90 Å². The van der Waals surface area contributed by atoms with Crippen LogP contribution in [0, 0.1) is 13.8 Å². The molecule has 116 valence electrons. The van der Waals surface area contributed by atoms with Crippen LogP contribution in [-0.2, 0) is 0 Å².